The van der Waals surface area contributed by atoms with Gasteiger partial charge in [0.15, 0.2) is 0 Å². The van der Waals surface area contributed by atoms with Gasteiger partial charge in [0.1, 0.15) is 0 Å². The van der Waals surface area contributed by atoms with E-state index in [0.29, 0.717) is 18.5 Å². The molecule has 2 fully saturated rings. The molecule has 1 aliphatic carbocycles. The molecule has 2 aliphatic rings. The minimum Gasteiger partial charge on any atom is -0.333 e. The molecule has 0 aromatic rings. The highest BCUT2D eigenvalue weighted by Crippen LogP contribution is 2.34. The monoisotopic (exact) mass is 264 g/mol. The van der Waals surface area contributed by atoms with E-state index in [9.17, 15) is 4.79 Å². The predicted molar refractivity (Wildman–Crippen MR) is 78.9 cm³/mol. The van der Waals surface area contributed by atoms with Crippen LogP contribution in [0.5, 0.6) is 0 Å². The fraction of sp³-hybridized carbons (Fsp3) is 0.812. The first-order chi connectivity index (χ1) is 8.93. The van der Waals surface area contributed by atoms with Crippen LogP contribution in [0.2, 0.25) is 0 Å². The van der Waals surface area contributed by atoms with Crippen LogP contribution in [0.25, 0.3) is 0 Å². The number of carbonyl (C=O) groups excluding carboxylic acids is 1. The fourth-order valence-electron chi connectivity index (χ4n) is 3.52. The van der Waals surface area contributed by atoms with Gasteiger partial charge in [0.05, 0.1) is 6.04 Å². The van der Waals surface area contributed by atoms with Crippen LogP contribution < -0.4 is 5.32 Å². The Labute approximate surface area is 117 Å². The summed E-state index contributed by atoms with van der Waals surface area (Å²) >= 11 is 0. The van der Waals surface area contributed by atoms with Crippen LogP contribution in [0.15, 0.2) is 12.7 Å². The highest BCUT2D eigenvalue weighted by molar-refractivity contribution is 5.83. The standard InChI is InChI=1S/C16H28N2O/c1-5-10-18(16(2,3)4)15(19)14-11-12-8-6-7-9-13(12)17-14/h5,12-14,17H,1,6-11H2,2-4H3. The van der Waals surface area contributed by atoms with Crippen molar-refractivity contribution in [3.05, 3.63) is 12.7 Å². The maximum atomic E-state index is 12.7. The quantitative estimate of drug-likeness (QED) is 0.795. The first kappa shape index (κ1) is 14.6. The molecular weight excluding hydrogens is 236 g/mol. The molecule has 108 valence electrons. The molecule has 1 amide bonds. The van der Waals surface area contributed by atoms with Crippen LogP contribution in [-0.2, 0) is 4.79 Å². The van der Waals surface area contributed by atoms with Crippen LogP contribution >= 0.6 is 0 Å². The molecule has 2 rings (SSSR count). The first-order valence-corrected chi connectivity index (χ1v) is 7.62. The molecule has 0 aromatic carbocycles. The Balaban J connectivity index is 2.04. The van der Waals surface area contributed by atoms with Crippen molar-refractivity contribution in [1.29, 1.82) is 0 Å². The van der Waals surface area contributed by atoms with E-state index in [1.807, 2.05) is 11.0 Å². The van der Waals surface area contributed by atoms with E-state index in [1.54, 1.807) is 0 Å². The van der Waals surface area contributed by atoms with Gasteiger partial charge in [-0.05, 0) is 46.0 Å². The van der Waals surface area contributed by atoms with Crippen molar-refractivity contribution < 1.29 is 4.79 Å². The highest BCUT2D eigenvalue weighted by Gasteiger charge is 2.41. The smallest absolute Gasteiger partial charge is 0.240 e. The van der Waals surface area contributed by atoms with Gasteiger partial charge in [0.2, 0.25) is 5.91 Å². The van der Waals surface area contributed by atoms with Crippen LogP contribution in [0, 0.1) is 5.92 Å². The zero-order chi connectivity index (χ0) is 14.0. The van der Waals surface area contributed by atoms with E-state index in [4.69, 9.17) is 0 Å². The van der Waals surface area contributed by atoms with Crippen molar-refractivity contribution in [2.24, 2.45) is 5.92 Å². The van der Waals surface area contributed by atoms with Gasteiger partial charge in [0, 0.05) is 18.1 Å². The third-order valence-corrected chi connectivity index (χ3v) is 4.55. The predicted octanol–water partition coefficient (Wildman–Crippen LogP) is 2.72. The van der Waals surface area contributed by atoms with Gasteiger partial charge in [-0.2, -0.15) is 0 Å². The Bertz CT molecular complexity index is 331. The van der Waals surface area contributed by atoms with Crippen molar-refractivity contribution in [1.82, 2.24) is 10.2 Å². The van der Waals surface area contributed by atoms with Crippen molar-refractivity contribution in [2.75, 3.05) is 6.54 Å². The van der Waals surface area contributed by atoms with Crippen LogP contribution in [-0.4, -0.2) is 35.0 Å². The van der Waals surface area contributed by atoms with Gasteiger partial charge in [-0.3, -0.25) is 4.79 Å². The molecular formula is C16H28N2O. The third-order valence-electron chi connectivity index (χ3n) is 4.55. The molecule has 3 heteroatoms. The molecule has 3 atom stereocenters. The summed E-state index contributed by atoms with van der Waals surface area (Å²) in [5, 5.41) is 3.58. The zero-order valence-electron chi connectivity index (χ0n) is 12.6. The molecule has 19 heavy (non-hydrogen) atoms. The number of amides is 1. The van der Waals surface area contributed by atoms with Crippen LogP contribution in [0.1, 0.15) is 52.9 Å². The number of rotatable bonds is 3. The molecule has 1 heterocycles. The lowest BCUT2D eigenvalue weighted by atomic mass is 9.85. The first-order valence-electron chi connectivity index (χ1n) is 7.62. The molecule has 0 bridgehead atoms. The summed E-state index contributed by atoms with van der Waals surface area (Å²) < 4.78 is 0. The summed E-state index contributed by atoms with van der Waals surface area (Å²) in [6, 6.07) is 0.598. The molecule has 1 saturated heterocycles. The summed E-state index contributed by atoms with van der Waals surface area (Å²) in [4.78, 5) is 14.7. The zero-order valence-corrected chi connectivity index (χ0v) is 12.6. The molecule has 0 aromatic heterocycles. The van der Waals surface area contributed by atoms with E-state index < -0.39 is 0 Å². The molecule has 0 radical (unpaired) electrons. The number of hydrogen-bond donors (Lipinski definition) is 1. The maximum Gasteiger partial charge on any atom is 0.240 e. The Morgan fingerprint density at radius 2 is 2.05 bits per heavy atom. The van der Waals surface area contributed by atoms with E-state index in [-0.39, 0.29) is 17.5 Å². The van der Waals surface area contributed by atoms with Crippen molar-refractivity contribution >= 4 is 5.91 Å². The highest BCUT2D eigenvalue weighted by atomic mass is 16.2. The molecule has 0 spiro atoms. The van der Waals surface area contributed by atoms with Crippen molar-refractivity contribution in [3.8, 4) is 0 Å². The normalized spacial score (nSPS) is 30.8. The molecule has 1 N–H and O–H groups in total. The van der Waals surface area contributed by atoms with E-state index in [1.165, 1.54) is 25.7 Å². The Hall–Kier alpha value is -0.830. The SMILES string of the molecule is C=CCN(C(=O)C1CC2CCCCC2N1)C(C)(C)C. The minimum absolute atomic E-state index is 0.0206. The summed E-state index contributed by atoms with van der Waals surface area (Å²) in [5.41, 5.74) is -0.138. The Morgan fingerprint density at radius 1 is 1.37 bits per heavy atom. The summed E-state index contributed by atoms with van der Waals surface area (Å²) in [7, 11) is 0. The maximum absolute atomic E-state index is 12.7. The van der Waals surface area contributed by atoms with Crippen LogP contribution in [0.4, 0.5) is 0 Å². The minimum atomic E-state index is -0.138. The molecule has 1 aliphatic heterocycles. The third kappa shape index (κ3) is 3.19. The van der Waals surface area contributed by atoms with Crippen LogP contribution in [0.3, 0.4) is 0 Å². The van der Waals surface area contributed by atoms with Gasteiger partial charge in [-0.25, -0.2) is 0 Å². The molecule has 1 saturated carbocycles. The van der Waals surface area contributed by atoms with Crippen molar-refractivity contribution in [2.45, 2.75) is 70.5 Å². The summed E-state index contributed by atoms with van der Waals surface area (Å²) in [5.74, 6) is 0.968. The lowest BCUT2D eigenvalue weighted by Crippen LogP contribution is -2.52. The second-order valence-corrected chi connectivity index (χ2v) is 7.01. The Morgan fingerprint density at radius 3 is 2.63 bits per heavy atom. The number of hydrogen-bond acceptors (Lipinski definition) is 2. The Kier molecular flexibility index (Phi) is 4.34. The average Bonchev–Trinajstić information content (AvgIpc) is 2.77. The van der Waals surface area contributed by atoms with E-state index >= 15 is 0 Å². The fourth-order valence-corrected chi connectivity index (χ4v) is 3.52. The average molecular weight is 264 g/mol. The second kappa shape index (κ2) is 5.66. The number of carbonyl (C=O) groups is 1. The number of fused-ring (bicyclic) bond motifs is 1. The van der Waals surface area contributed by atoms with Gasteiger partial charge in [-0.15, -0.1) is 6.58 Å². The van der Waals surface area contributed by atoms with Gasteiger partial charge < -0.3 is 10.2 Å². The van der Waals surface area contributed by atoms with Crippen molar-refractivity contribution in [3.63, 3.8) is 0 Å². The number of nitrogens with one attached hydrogen (secondary N) is 1. The largest absolute Gasteiger partial charge is 0.333 e. The molecule has 3 unspecified atom stereocenters. The number of nitrogens with zero attached hydrogens (tertiary/aromatic N) is 1. The van der Waals surface area contributed by atoms with E-state index in [2.05, 4.69) is 32.7 Å². The van der Waals surface area contributed by atoms with Gasteiger partial charge >= 0.3 is 0 Å². The van der Waals surface area contributed by atoms with E-state index in [0.717, 1.165) is 6.42 Å². The topological polar surface area (TPSA) is 32.3 Å². The van der Waals surface area contributed by atoms with Gasteiger partial charge in [-0.1, -0.05) is 18.9 Å². The molecule has 3 nitrogen and oxygen atoms in total. The lowest BCUT2D eigenvalue weighted by molar-refractivity contribution is -0.137. The second-order valence-electron chi connectivity index (χ2n) is 7.01. The summed E-state index contributed by atoms with van der Waals surface area (Å²) in [6.45, 7) is 10.7. The summed E-state index contributed by atoms with van der Waals surface area (Å²) in [6.07, 6.45) is 8.02. The lowest BCUT2D eigenvalue weighted by Gasteiger charge is -2.36. The van der Waals surface area contributed by atoms with Gasteiger partial charge in [0.25, 0.3) is 0 Å².